The predicted octanol–water partition coefficient (Wildman–Crippen LogP) is 12.1. The monoisotopic (exact) mass is 807 g/mol. The number of hydrogen-bond acceptors (Lipinski definition) is 4. The Labute approximate surface area is 351 Å². The van der Waals surface area contributed by atoms with Crippen LogP contribution < -0.4 is 14.8 Å². The minimum absolute atomic E-state index is 0.0169. The van der Waals surface area contributed by atoms with Crippen molar-refractivity contribution in [2.24, 2.45) is 0 Å². The van der Waals surface area contributed by atoms with Crippen molar-refractivity contribution in [3.8, 4) is 22.5 Å². The summed E-state index contributed by atoms with van der Waals surface area (Å²) in [5, 5.41) is 1.97. The molecule has 1 saturated heterocycles. The first kappa shape index (κ1) is 39.7. The Morgan fingerprint density at radius 2 is 1.54 bits per heavy atom. The fourth-order valence-corrected chi connectivity index (χ4v) is 13.3. The summed E-state index contributed by atoms with van der Waals surface area (Å²) >= 11 is 0. The van der Waals surface area contributed by atoms with E-state index in [1.165, 1.54) is 22.5 Å². The number of hydrogen-bond donors (Lipinski definition) is 0. The average molecular weight is 808 g/mol. The Morgan fingerprint density at radius 3 is 2.34 bits per heavy atom. The zero-order valence-electron chi connectivity index (χ0n) is 36.1. The number of rotatable bonds is 9. The Hall–Kier alpha value is -4.72. The van der Waals surface area contributed by atoms with Gasteiger partial charge in [-0.25, -0.2) is 3.89 Å². The van der Waals surface area contributed by atoms with Crippen LogP contribution in [0.4, 0.5) is 17.1 Å². The molecular formula is C52H61N3O3S+2. The minimum atomic E-state index is -3.83. The number of para-hydroxylation sites is 2. The number of quaternary nitrogens is 1. The van der Waals surface area contributed by atoms with Gasteiger partial charge < -0.3 is 9.32 Å². The normalized spacial score (nSPS) is 23.1. The van der Waals surface area contributed by atoms with Crippen LogP contribution in [0.3, 0.4) is 0 Å². The minimum Gasteiger partial charge on any atom is -0.456 e. The lowest BCUT2D eigenvalue weighted by molar-refractivity contribution is -0.837. The molecule has 59 heavy (non-hydrogen) atoms. The molecule has 9 rings (SSSR count). The molecule has 7 heteroatoms. The van der Waals surface area contributed by atoms with Crippen molar-refractivity contribution in [2.75, 3.05) is 24.5 Å². The van der Waals surface area contributed by atoms with Crippen molar-refractivity contribution >= 4 is 38.1 Å². The molecular weight excluding hydrogens is 747 g/mol. The van der Waals surface area contributed by atoms with E-state index >= 15 is 8.42 Å². The van der Waals surface area contributed by atoms with E-state index in [0.29, 0.717) is 18.0 Å². The molecule has 3 atom stereocenters. The molecule has 3 unspecified atom stereocenters. The smallest absolute Gasteiger partial charge is 0.328 e. The highest BCUT2D eigenvalue weighted by atomic mass is 32.2. The van der Waals surface area contributed by atoms with Gasteiger partial charge in [0.25, 0.3) is 0 Å². The molecule has 0 bridgehead atoms. The van der Waals surface area contributed by atoms with Gasteiger partial charge in [-0.2, -0.15) is 13.0 Å². The molecule has 4 aromatic rings. The molecule has 0 amide bonds. The van der Waals surface area contributed by atoms with E-state index in [2.05, 4.69) is 143 Å². The number of anilines is 2. The molecule has 4 aliphatic heterocycles. The van der Waals surface area contributed by atoms with Crippen molar-refractivity contribution in [3.05, 3.63) is 126 Å². The Bertz CT molecular complexity index is 2730. The summed E-state index contributed by atoms with van der Waals surface area (Å²) < 4.78 is 40.9. The van der Waals surface area contributed by atoms with E-state index in [0.717, 1.165) is 96.0 Å². The van der Waals surface area contributed by atoms with Crippen LogP contribution in [0, 0.1) is 0 Å². The van der Waals surface area contributed by atoms with Crippen molar-refractivity contribution in [2.45, 2.75) is 121 Å². The van der Waals surface area contributed by atoms with Gasteiger partial charge in [0.15, 0.2) is 6.54 Å². The average Bonchev–Trinajstić information content (AvgIpc) is 3.63. The maximum absolute atomic E-state index is 15.6. The molecule has 0 aromatic heterocycles. The zero-order chi connectivity index (χ0) is 41.3. The number of nitrogens with zero attached hydrogens (tertiary/aromatic N) is 3. The Balaban J connectivity index is 1.29. The summed E-state index contributed by atoms with van der Waals surface area (Å²) in [7, 11) is -3.83. The number of unbranched alkanes of at least 4 members (excludes halogenated alkanes) is 3. The second kappa shape index (κ2) is 14.8. The van der Waals surface area contributed by atoms with Crippen LogP contribution in [-0.4, -0.2) is 44.0 Å². The highest BCUT2D eigenvalue weighted by Gasteiger charge is 2.49. The van der Waals surface area contributed by atoms with Crippen molar-refractivity contribution < 1.29 is 16.7 Å². The van der Waals surface area contributed by atoms with Crippen LogP contribution in [0.25, 0.3) is 33.4 Å². The van der Waals surface area contributed by atoms with Gasteiger partial charge in [0.05, 0.1) is 24.6 Å². The summed E-state index contributed by atoms with van der Waals surface area (Å²) in [5.74, 6) is 0.738. The SMILES string of the molecule is CCCCCC[N+]1(S(=O)(=O)c2ccccc2-c2c3ccc(=[N+]4CC(C)(C)c5ccccc54)cc-3oc3cc(N4c5ccccc5C(C)(C)C4C)ccc23)CCCCC1C. The van der Waals surface area contributed by atoms with E-state index in [9.17, 15) is 0 Å². The van der Waals surface area contributed by atoms with Crippen LogP contribution in [-0.2, 0) is 20.9 Å². The second-order valence-corrected chi connectivity index (χ2v) is 21.0. The molecule has 0 N–H and O–H groups in total. The number of fused-ring (bicyclic) bond motifs is 4. The van der Waals surface area contributed by atoms with Crippen LogP contribution in [0.2, 0.25) is 0 Å². The third-order valence-electron chi connectivity index (χ3n) is 14.6. The zero-order valence-corrected chi connectivity index (χ0v) is 36.9. The topological polar surface area (TPSA) is 53.5 Å². The van der Waals surface area contributed by atoms with Crippen LogP contribution >= 0.6 is 0 Å². The standard InChI is InChI=1S/C52H61N3O3S/c1-8-9-10-18-31-55(32-19-17-20-36(55)2)59(56,57)49-26-16-11-21-42(49)50-40-29-27-38(53-35-51(4,5)43-22-12-14-24-45(43)53)33-47(40)58-48-34-39(28-30-41(48)50)54-37(3)52(6,7)44-23-13-15-25-46(44)54/h11-16,21-30,33-34,36-37H,8-10,17-20,31-32,35H2,1-7H3/q+2. The van der Waals surface area contributed by atoms with E-state index in [-0.39, 0.29) is 26.8 Å². The molecule has 0 saturated carbocycles. The third-order valence-corrected chi connectivity index (χ3v) is 17.2. The highest BCUT2D eigenvalue weighted by molar-refractivity contribution is 7.86. The molecule has 1 aliphatic carbocycles. The van der Waals surface area contributed by atoms with E-state index in [1.807, 2.05) is 24.3 Å². The number of sulfonamides is 1. The van der Waals surface area contributed by atoms with Crippen LogP contribution in [0.1, 0.15) is 105 Å². The van der Waals surface area contributed by atoms with Gasteiger partial charge in [-0.3, -0.25) is 0 Å². The van der Waals surface area contributed by atoms with Crippen LogP contribution in [0.15, 0.2) is 119 Å². The highest BCUT2D eigenvalue weighted by Crippen LogP contribution is 2.51. The van der Waals surface area contributed by atoms with Crippen LogP contribution in [0.5, 0.6) is 0 Å². The first-order valence-electron chi connectivity index (χ1n) is 22.1. The third kappa shape index (κ3) is 6.29. The summed E-state index contributed by atoms with van der Waals surface area (Å²) in [5.41, 5.74) is 9.38. The molecule has 0 radical (unpaired) electrons. The fourth-order valence-electron chi connectivity index (χ4n) is 10.9. The summed E-state index contributed by atoms with van der Waals surface area (Å²) in [6.07, 6.45) is 7.12. The molecule has 1 fully saturated rings. The molecule has 6 nitrogen and oxygen atoms in total. The number of benzene rings is 5. The molecule has 4 aromatic carbocycles. The Kier molecular flexibility index (Phi) is 9.95. The number of likely N-dealkylation sites (tertiary alicyclic amines) is 1. The first-order valence-corrected chi connectivity index (χ1v) is 23.5. The summed E-state index contributed by atoms with van der Waals surface area (Å²) in [4.78, 5) is 2.86. The molecule has 5 aliphatic rings. The van der Waals surface area contributed by atoms with Gasteiger partial charge in [0.1, 0.15) is 22.3 Å². The van der Waals surface area contributed by atoms with Gasteiger partial charge >= 0.3 is 10.0 Å². The molecule has 4 heterocycles. The van der Waals surface area contributed by atoms with Gasteiger partial charge in [-0.1, -0.05) is 88.2 Å². The van der Waals surface area contributed by atoms with Crippen molar-refractivity contribution in [1.82, 2.24) is 4.58 Å². The molecule has 306 valence electrons. The Morgan fingerprint density at radius 1 is 0.797 bits per heavy atom. The maximum atomic E-state index is 15.6. The maximum Gasteiger partial charge on any atom is 0.328 e. The molecule has 0 spiro atoms. The first-order chi connectivity index (χ1) is 28.3. The van der Waals surface area contributed by atoms with E-state index < -0.39 is 10.0 Å². The lowest BCUT2D eigenvalue weighted by atomic mass is 9.81. The van der Waals surface area contributed by atoms with Crippen molar-refractivity contribution in [1.29, 1.82) is 0 Å². The van der Waals surface area contributed by atoms with E-state index in [1.54, 1.807) is 0 Å². The van der Waals surface area contributed by atoms with Gasteiger partial charge in [-0.15, -0.1) is 0 Å². The lowest BCUT2D eigenvalue weighted by Crippen LogP contribution is -2.60. The second-order valence-electron chi connectivity index (χ2n) is 18.9. The fraction of sp³-hybridized carbons (Fsp3) is 0.404. The number of piperidine rings is 1. The summed E-state index contributed by atoms with van der Waals surface area (Å²) in [6, 6.07) is 38.5. The lowest BCUT2D eigenvalue weighted by Gasteiger charge is -2.45. The van der Waals surface area contributed by atoms with Gasteiger partial charge in [0.2, 0.25) is 11.0 Å². The largest absolute Gasteiger partial charge is 0.456 e. The van der Waals surface area contributed by atoms with Gasteiger partial charge in [-0.05, 0) is 89.3 Å². The quantitative estimate of drug-likeness (QED) is 0.0632. The predicted molar refractivity (Wildman–Crippen MR) is 243 cm³/mol. The van der Waals surface area contributed by atoms with Gasteiger partial charge in [0, 0.05) is 75.1 Å². The van der Waals surface area contributed by atoms with Crippen molar-refractivity contribution in [3.63, 3.8) is 0 Å². The summed E-state index contributed by atoms with van der Waals surface area (Å²) in [6.45, 7) is 18.1. The van der Waals surface area contributed by atoms with E-state index in [4.69, 9.17) is 4.42 Å².